The van der Waals surface area contributed by atoms with Crippen molar-refractivity contribution in [3.8, 4) is 0 Å². The highest BCUT2D eigenvalue weighted by Gasteiger charge is 2.39. The summed E-state index contributed by atoms with van der Waals surface area (Å²) in [5.41, 5.74) is 0. The maximum atomic E-state index is 14.8. The Morgan fingerprint density at radius 2 is 1.05 bits per heavy atom. The molecule has 0 radical (unpaired) electrons. The standard InChI is InChI=1S/C20H35F/c1-14-3-7-16(8-4-14)18-11-12-19(20(21)13-18)17-9-5-15(2)6-10-17/h14-20H,3-13H2,1-2H3/t14?,15?,16?,17?,18-,19?,20?/m0/s1. The van der Waals surface area contributed by atoms with Gasteiger partial charge in [-0.1, -0.05) is 39.5 Å². The minimum atomic E-state index is -0.485. The molecular formula is C20H35F. The van der Waals surface area contributed by atoms with Crippen molar-refractivity contribution in [2.75, 3.05) is 0 Å². The van der Waals surface area contributed by atoms with Gasteiger partial charge in [-0.05, 0) is 80.5 Å². The lowest BCUT2D eigenvalue weighted by Crippen LogP contribution is -2.36. The van der Waals surface area contributed by atoms with Crippen LogP contribution in [0.4, 0.5) is 4.39 Å². The highest BCUT2D eigenvalue weighted by molar-refractivity contribution is 4.89. The average Bonchev–Trinajstić information content (AvgIpc) is 2.49. The van der Waals surface area contributed by atoms with E-state index in [1.54, 1.807) is 0 Å². The van der Waals surface area contributed by atoms with Gasteiger partial charge in [0.15, 0.2) is 0 Å². The second kappa shape index (κ2) is 7.01. The lowest BCUT2D eigenvalue weighted by Gasteiger charge is -2.42. The third kappa shape index (κ3) is 3.82. The van der Waals surface area contributed by atoms with Gasteiger partial charge < -0.3 is 0 Å². The number of hydrogen-bond acceptors (Lipinski definition) is 0. The third-order valence-corrected chi connectivity index (χ3v) is 7.26. The molecule has 3 saturated carbocycles. The van der Waals surface area contributed by atoms with Crippen LogP contribution in [0.15, 0.2) is 0 Å². The summed E-state index contributed by atoms with van der Waals surface area (Å²) in [4.78, 5) is 0. The molecule has 122 valence electrons. The van der Waals surface area contributed by atoms with Gasteiger partial charge in [0, 0.05) is 0 Å². The van der Waals surface area contributed by atoms with Crippen LogP contribution < -0.4 is 0 Å². The van der Waals surface area contributed by atoms with E-state index in [0.29, 0.717) is 17.8 Å². The van der Waals surface area contributed by atoms with E-state index < -0.39 is 6.17 Å². The number of hydrogen-bond donors (Lipinski definition) is 0. The van der Waals surface area contributed by atoms with Crippen LogP contribution >= 0.6 is 0 Å². The molecule has 3 aliphatic rings. The van der Waals surface area contributed by atoms with Gasteiger partial charge >= 0.3 is 0 Å². The first kappa shape index (κ1) is 15.8. The van der Waals surface area contributed by atoms with Crippen molar-refractivity contribution in [2.45, 2.75) is 90.6 Å². The molecule has 0 N–H and O–H groups in total. The van der Waals surface area contributed by atoms with Crippen LogP contribution in [0.5, 0.6) is 0 Å². The van der Waals surface area contributed by atoms with Crippen LogP contribution in [0, 0.1) is 35.5 Å². The summed E-state index contributed by atoms with van der Waals surface area (Å²) >= 11 is 0. The first-order valence-corrected chi connectivity index (χ1v) is 9.77. The molecule has 0 nitrogen and oxygen atoms in total. The van der Waals surface area contributed by atoms with Crippen LogP contribution in [-0.4, -0.2) is 6.17 Å². The Hall–Kier alpha value is -0.0700. The Kier molecular flexibility index (Phi) is 5.27. The Balaban J connectivity index is 1.50. The van der Waals surface area contributed by atoms with Crippen LogP contribution in [0.2, 0.25) is 0 Å². The molecule has 3 atom stereocenters. The van der Waals surface area contributed by atoms with E-state index in [1.165, 1.54) is 64.2 Å². The monoisotopic (exact) mass is 294 g/mol. The molecule has 0 aromatic heterocycles. The van der Waals surface area contributed by atoms with E-state index in [2.05, 4.69) is 13.8 Å². The van der Waals surface area contributed by atoms with Crippen molar-refractivity contribution in [1.29, 1.82) is 0 Å². The molecule has 0 heterocycles. The fourth-order valence-corrected chi connectivity index (χ4v) is 5.60. The fourth-order valence-electron chi connectivity index (χ4n) is 5.60. The average molecular weight is 294 g/mol. The predicted octanol–water partition coefficient (Wildman–Crippen LogP) is 6.39. The summed E-state index contributed by atoms with van der Waals surface area (Å²) in [6.45, 7) is 4.75. The van der Waals surface area contributed by atoms with Gasteiger partial charge in [0.05, 0.1) is 0 Å². The van der Waals surface area contributed by atoms with E-state index in [9.17, 15) is 4.39 Å². The molecule has 2 unspecified atom stereocenters. The summed E-state index contributed by atoms with van der Waals surface area (Å²) in [5.74, 6) is 4.50. The van der Waals surface area contributed by atoms with E-state index in [-0.39, 0.29) is 0 Å². The van der Waals surface area contributed by atoms with Gasteiger partial charge in [0.1, 0.15) is 6.17 Å². The zero-order valence-corrected chi connectivity index (χ0v) is 14.2. The lowest BCUT2D eigenvalue weighted by atomic mass is 9.64. The molecule has 3 aliphatic carbocycles. The van der Waals surface area contributed by atoms with Crippen molar-refractivity contribution in [3.63, 3.8) is 0 Å². The largest absolute Gasteiger partial charge is 0.247 e. The summed E-state index contributed by atoms with van der Waals surface area (Å²) in [7, 11) is 0. The van der Waals surface area contributed by atoms with E-state index in [4.69, 9.17) is 0 Å². The second-order valence-corrected chi connectivity index (χ2v) is 8.79. The molecule has 1 heteroatoms. The fraction of sp³-hybridized carbons (Fsp3) is 1.00. The minimum absolute atomic E-state index is 0.413. The molecule has 21 heavy (non-hydrogen) atoms. The molecular weight excluding hydrogens is 259 g/mol. The zero-order chi connectivity index (χ0) is 14.8. The Labute approximate surface area is 131 Å². The maximum Gasteiger partial charge on any atom is 0.103 e. The van der Waals surface area contributed by atoms with E-state index in [1.807, 2.05) is 0 Å². The number of alkyl halides is 1. The van der Waals surface area contributed by atoms with Crippen LogP contribution in [0.3, 0.4) is 0 Å². The van der Waals surface area contributed by atoms with Crippen molar-refractivity contribution in [2.24, 2.45) is 35.5 Å². The Morgan fingerprint density at radius 1 is 0.571 bits per heavy atom. The van der Waals surface area contributed by atoms with Crippen LogP contribution in [0.1, 0.15) is 84.5 Å². The SMILES string of the molecule is CC1CCC(C2CC[C@H](C3CCC(C)CC3)CC2F)CC1. The molecule has 0 aliphatic heterocycles. The van der Waals surface area contributed by atoms with Crippen LogP contribution in [-0.2, 0) is 0 Å². The Bertz CT molecular complexity index is 310. The normalized spacial score (nSPS) is 49.0. The summed E-state index contributed by atoms with van der Waals surface area (Å²) in [5, 5.41) is 0. The smallest absolute Gasteiger partial charge is 0.103 e. The number of halogens is 1. The first-order valence-electron chi connectivity index (χ1n) is 9.77. The summed E-state index contributed by atoms with van der Waals surface area (Å²) in [6.07, 6.45) is 13.8. The predicted molar refractivity (Wildman–Crippen MR) is 88.0 cm³/mol. The Morgan fingerprint density at radius 3 is 1.57 bits per heavy atom. The number of rotatable bonds is 2. The van der Waals surface area contributed by atoms with Gasteiger partial charge in [0.25, 0.3) is 0 Å². The van der Waals surface area contributed by atoms with Gasteiger partial charge in [-0.25, -0.2) is 4.39 Å². The van der Waals surface area contributed by atoms with Gasteiger partial charge in [-0.2, -0.15) is 0 Å². The second-order valence-electron chi connectivity index (χ2n) is 8.79. The molecule has 0 bridgehead atoms. The molecule has 0 saturated heterocycles. The lowest BCUT2D eigenvalue weighted by molar-refractivity contribution is 0.0349. The van der Waals surface area contributed by atoms with E-state index in [0.717, 1.165) is 24.2 Å². The van der Waals surface area contributed by atoms with Crippen molar-refractivity contribution >= 4 is 0 Å². The third-order valence-electron chi connectivity index (χ3n) is 7.26. The van der Waals surface area contributed by atoms with E-state index >= 15 is 0 Å². The highest BCUT2D eigenvalue weighted by Crippen LogP contribution is 2.46. The van der Waals surface area contributed by atoms with Crippen molar-refractivity contribution in [1.82, 2.24) is 0 Å². The summed E-state index contributed by atoms with van der Waals surface area (Å²) < 4.78 is 14.8. The van der Waals surface area contributed by atoms with Crippen molar-refractivity contribution in [3.05, 3.63) is 0 Å². The molecule has 0 aromatic carbocycles. The molecule has 3 fully saturated rings. The van der Waals surface area contributed by atoms with Crippen LogP contribution in [0.25, 0.3) is 0 Å². The van der Waals surface area contributed by atoms with Gasteiger partial charge in [-0.3, -0.25) is 0 Å². The first-order chi connectivity index (χ1) is 10.1. The highest BCUT2D eigenvalue weighted by atomic mass is 19.1. The minimum Gasteiger partial charge on any atom is -0.247 e. The maximum absolute atomic E-state index is 14.8. The molecule has 0 aromatic rings. The quantitative estimate of drug-likeness (QED) is 0.553. The molecule has 0 spiro atoms. The zero-order valence-electron chi connectivity index (χ0n) is 14.2. The van der Waals surface area contributed by atoms with Crippen molar-refractivity contribution < 1.29 is 4.39 Å². The molecule has 0 amide bonds. The topological polar surface area (TPSA) is 0 Å². The molecule has 3 rings (SSSR count). The van der Waals surface area contributed by atoms with Gasteiger partial charge in [-0.15, -0.1) is 0 Å². The summed E-state index contributed by atoms with van der Waals surface area (Å²) in [6, 6.07) is 0. The van der Waals surface area contributed by atoms with Gasteiger partial charge in [0.2, 0.25) is 0 Å².